The fraction of sp³-hybridized carbons (Fsp3) is 0.609. The van der Waals surface area contributed by atoms with E-state index in [0.29, 0.717) is 11.8 Å². The topological polar surface area (TPSA) is 38.7 Å². The van der Waals surface area contributed by atoms with Crippen molar-refractivity contribution in [2.45, 2.75) is 86.0 Å². The maximum atomic E-state index is 4.00. The second kappa shape index (κ2) is 14.4. The number of rotatable bonds is 2. The zero-order valence-electron chi connectivity index (χ0n) is 16.7. The third kappa shape index (κ3) is 11.0. The normalized spacial score (nSPS) is 13.8. The monoisotopic (exact) mass is 357 g/mol. The number of hydrogen-bond acceptors (Lipinski definition) is 3. The maximum absolute atomic E-state index is 4.00. The van der Waals surface area contributed by atoms with Gasteiger partial charge in [-0.05, 0) is 17.4 Å². The van der Waals surface area contributed by atoms with Crippen LogP contribution in [0, 0.1) is 5.92 Å². The van der Waals surface area contributed by atoms with Crippen molar-refractivity contribution in [1.82, 2.24) is 15.2 Å². The molecule has 0 aliphatic heterocycles. The largest absolute Gasteiger partial charge is 0.238 e. The molecule has 1 aromatic carbocycles. The Morgan fingerprint density at radius 2 is 1.46 bits per heavy atom. The van der Waals surface area contributed by atoms with Gasteiger partial charge < -0.3 is 0 Å². The Balaban J connectivity index is 0.000000357. The van der Waals surface area contributed by atoms with Gasteiger partial charge in [-0.3, -0.25) is 0 Å². The molecule has 3 nitrogen and oxygen atoms in total. The molecule has 1 heterocycles. The van der Waals surface area contributed by atoms with Crippen molar-refractivity contribution in [3.8, 4) is 0 Å². The molecule has 2 aromatic rings. The molecule has 0 unspecified atom stereocenters. The molecule has 0 N–H and O–H groups in total. The molecule has 0 amide bonds. The molecule has 0 saturated heterocycles. The van der Waals surface area contributed by atoms with E-state index in [1.165, 1.54) is 37.7 Å². The van der Waals surface area contributed by atoms with Gasteiger partial charge in [0.1, 0.15) is 0 Å². The lowest BCUT2D eigenvalue weighted by molar-refractivity contribution is 0.385. The molecule has 26 heavy (non-hydrogen) atoms. The highest BCUT2D eigenvalue weighted by Gasteiger charge is 2.06. The van der Waals surface area contributed by atoms with E-state index in [1.54, 1.807) is 12.4 Å². The van der Waals surface area contributed by atoms with Crippen LogP contribution in [0.25, 0.3) is 0 Å². The average molecular weight is 358 g/mol. The smallest absolute Gasteiger partial charge is 0.153 e. The fourth-order valence-electron chi connectivity index (χ4n) is 2.67. The summed E-state index contributed by atoms with van der Waals surface area (Å²) in [5.74, 6) is 2.87. The van der Waals surface area contributed by atoms with Gasteiger partial charge in [0.2, 0.25) is 0 Å². The molecular weight excluding hydrogens is 318 g/mol. The SMILES string of the molecule is C.CC(C)c1ccccc1.CC(C)c1nccnn1.CC1CCCCC1. The van der Waals surface area contributed by atoms with E-state index in [1.807, 2.05) is 19.9 Å². The van der Waals surface area contributed by atoms with E-state index in [2.05, 4.69) is 60.2 Å². The van der Waals surface area contributed by atoms with Gasteiger partial charge in [0.05, 0.1) is 6.20 Å². The summed E-state index contributed by atoms with van der Waals surface area (Å²) in [6.45, 7) is 10.8. The number of aromatic nitrogens is 3. The first kappa shape index (κ1) is 24.2. The van der Waals surface area contributed by atoms with Gasteiger partial charge in [0.15, 0.2) is 5.82 Å². The van der Waals surface area contributed by atoms with Gasteiger partial charge in [-0.15, -0.1) is 5.10 Å². The minimum atomic E-state index is 0. The molecule has 0 spiro atoms. The van der Waals surface area contributed by atoms with E-state index in [9.17, 15) is 0 Å². The molecule has 0 radical (unpaired) electrons. The molecule has 1 aromatic heterocycles. The van der Waals surface area contributed by atoms with Crippen molar-refractivity contribution in [1.29, 1.82) is 0 Å². The van der Waals surface area contributed by atoms with Crippen LogP contribution in [0.1, 0.15) is 97.4 Å². The summed E-state index contributed by atoms with van der Waals surface area (Å²) in [5.41, 5.74) is 1.41. The lowest BCUT2D eigenvalue weighted by atomic mass is 9.91. The number of nitrogens with zero attached hydrogens (tertiary/aromatic N) is 3. The molecule has 146 valence electrons. The van der Waals surface area contributed by atoms with Crippen LogP contribution >= 0.6 is 0 Å². The van der Waals surface area contributed by atoms with Gasteiger partial charge in [-0.25, -0.2) is 4.98 Å². The summed E-state index contributed by atoms with van der Waals surface area (Å²) in [6.07, 6.45) is 10.7. The summed E-state index contributed by atoms with van der Waals surface area (Å²) in [4.78, 5) is 4.00. The summed E-state index contributed by atoms with van der Waals surface area (Å²) < 4.78 is 0. The van der Waals surface area contributed by atoms with Gasteiger partial charge in [-0.2, -0.15) is 5.10 Å². The highest BCUT2D eigenvalue weighted by atomic mass is 15.1. The molecule has 0 bridgehead atoms. The molecule has 1 aliphatic rings. The number of hydrogen-bond donors (Lipinski definition) is 0. The van der Waals surface area contributed by atoms with Gasteiger partial charge >= 0.3 is 0 Å². The summed E-state index contributed by atoms with van der Waals surface area (Å²) >= 11 is 0. The van der Waals surface area contributed by atoms with Crippen molar-refractivity contribution in [3.05, 3.63) is 54.1 Å². The Bertz CT molecular complexity index is 488. The van der Waals surface area contributed by atoms with Crippen LogP contribution in [-0.2, 0) is 0 Å². The van der Waals surface area contributed by atoms with Crippen LogP contribution < -0.4 is 0 Å². The highest BCUT2D eigenvalue weighted by Crippen LogP contribution is 2.22. The van der Waals surface area contributed by atoms with Crippen LogP contribution in [-0.4, -0.2) is 15.2 Å². The van der Waals surface area contributed by atoms with E-state index in [4.69, 9.17) is 0 Å². The Hall–Kier alpha value is -1.77. The predicted octanol–water partition coefficient (Wildman–Crippen LogP) is 7.03. The standard InChI is InChI=1S/C9H12.C7H14.C6H9N3.CH4/c1-8(2)9-6-4-3-5-7-9;1-7-5-3-2-4-6-7;1-5(2)6-7-3-4-8-9-6;/h3-8H,1-2H3;7H,2-6H2,1H3;3-5H,1-2H3;1H4. The first-order valence-electron chi connectivity index (χ1n) is 9.69. The van der Waals surface area contributed by atoms with Crippen molar-refractivity contribution in [2.75, 3.05) is 0 Å². The Morgan fingerprint density at radius 1 is 0.846 bits per heavy atom. The van der Waals surface area contributed by atoms with Gasteiger partial charge in [-0.1, -0.05) is 104 Å². The van der Waals surface area contributed by atoms with Crippen molar-refractivity contribution >= 4 is 0 Å². The molecule has 3 rings (SSSR count). The average Bonchev–Trinajstić information content (AvgIpc) is 2.65. The second-order valence-electron chi connectivity index (χ2n) is 7.46. The lowest BCUT2D eigenvalue weighted by Gasteiger charge is -2.15. The van der Waals surface area contributed by atoms with Crippen molar-refractivity contribution in [3.63, 3.8) is 0 Å². The lowest BCUT2D eigenvalue weighted by Crippen LogP contribution is -1.99. The molecular formula is C23H39N3. The van der Waals surface area contributed by atoms with Crippen LogP contribution in [0.15, 0.2) is 42.7 Å². The zero-order chi connectivity index (χ0) is 18.5. The fourth-order valence-corrected chi connectivity index (χ4v) is 2.67. The van der Waals surface area contributed by atoms with Crippen LogP contribution in [0.3, 0.4) is 0 Å². The van der Waals surface area contributed by atoms with E-state index >= 15 is 0 Å². The third-order valence-electron chi connectivity index (χ3n) is 4.38. The molecule has 1 fully saturated rings. The zero-order valence-corrected chi connectivity index (χ0v) is 16.7. The highest BCUT2D eigenvalue weighted by molar-refractivity contribution is 5.17. The quantitative estimate of drug-likeness (QED) is 0.579. The molecule has 0 atom stereocenters. The van der Waals surface area contributed by atoms with E-state index in [0.717, 1.165) is 11.7 Å². The summed E-state index contributed by atoms with van der Waals surface area (Å²) in [5, 5.41) is 7.51. The molecule has 1 aliphatic carbocycles. The minimum Gasteiger partial charge on any atom is -0.238 e. The van der Waals surface area contributed by atoms with Crippen molar-refractivity contribution < 1.29 is 0 Å². The summed E-state index contributed by atoms with van der Waals surface area (Å²) in [6, 6.07) is 10.5. The predicted molar refractivity (Wildman–Crippen MR) is 113 cm³/mol. The minimum absolute atomic E-state index is 0. The van der Waals surface area contributed by atoms with E-state index in [-0.39, 0.29) is 7.43 Å². The van der Waals surface area contributed by atoms with Crippen molar-refractivity contribution in [2.24, 2.45) is 5.92 Å². The first-order valence-corrected chi connectivity index (χ1v) is 9.69. The first-order chi connectivity index (χ1) is 12.0. The maximum Gasteiger partial charge on any atom is 0.153 e. The third-order valence-corrected chi connectivity index (χ3v) is 4.38. The molecule has 1 saturated carbocycles. The van der Waals surface area contributed by atoms with Gasteiger partial charge in [0, 0.05) is 12.1 Å². The Kier molecular flexibility index (Phi) is 13.4. The Morgan fingerprint density at radius 3 is 1.77 bits per heavy atom. The van der Waals surface area contributed by atoms with Crippen LogP contribution in [0.4, 0.5) is 0 Å². The van der Waals surface area contributed by atoms with E-state index < -0.39 is 0 Å². The number of benzene rings is 1. The van der Waals surface area contributed by atoms with Gasteiger partial charge in [0.25, 0.3) is 0 Å². The van der Waals surface area contributed by atoms with Crippen LogP contribution in [0.5, 0.6) is 0 Å². The van der Waals surface area contributed by atoms with Crippen LogP contribution in [0.2, 0.25) is 0 Å². The Labute approximate surface area is 161 Å². The second-order valence-corrected chi connectivity index (χ2v) is 7.46. The molecule has 3 heteroatoms. The summed E-state index contributed by atoms with van der Waals surface area (Å²) in [7, 11) is 0.